The molecule has 0 aliphatic carbocycles. The number of carbonyl (C=O) groups is 1. The summed E-state index contributed by atoms with van der Waals surface area (Å²) < 4.78 is 28.9. The minimum atomic E-state index is -3.53. The van der Waals surface area contributed by atoms with Crippen molar-refractivity contribution in [1.29, 1.82) is 0 Å². The summed E-state index contributed by atoms with van der Waals surface area (Å²) in [5.41, 5.74) is 2.77. The van der Waals surface area contributed by atoms with Crippen LogP contribution in [-0.2, 0) is 21.4 Å². The molecule has 1 aliphatic heterocycles. The van der Waals surface area contributed by atoms with Crippen molar-refractivity contribution < 1.29 is 13.2 Å². The van der Waals surface area contributed by atoms with Crippen molar-refractivity contribution in [2.24, 2.45) is 0 Å². The van der Waals surface area contributed by atoms with Gasteiger partial charge in [-0.15, -0.1) is 5.10 Å². The van der Waals surface area contributed by atoms with Gasteiger partial charge in [0.1, 0.15) is 5.52 Å². The maximum atomic E-state index is 12.9. The van der Waals surface area contributed by atoms with Gasteiger partial charge in [0.25, 0.3) is 0 Å². The fraction of sp³-hybridized carbons (Fsp3) is 0.381. The van der Waals surface area contributed by atoms with E-state index in [0.29, 0.717) is 41.4 Å². The second-order valence-corrected chi connectivity index (χ2v) is 10.1. The standard InChI is InChI=1S/C21H24ClN5O3S/c1-15-5-6-16(22)13-18(15)23-21(28)9-12-27-20-8-7-17(14-19(20)24-25-27)31(29,30)26-10-3-2-4-11-26/h5-8,13-14H,2-4,9-12H2,1H3,(H,23,28). The number of benzene rings is 2. The number of rotatable bonds is 6. The number of anilines is 1. The van der Waals surface area contributed by atoms with E-state index >= 15 is 0 Å². The lowest BCUT2D eigenvalue weighted by Gasteiger charge is -2.25. The first-order valence-corrected chi connectivity index (χ1v) is 12.1. The summed E-state index contributed by atoms with van der Waals surface area (Å²) in [4.78, 5) is 12.6. The zero-order chi connectivity index (χ0) is 22.0. The molecular weight excluding hydrogens is 438 g/mol. The second kappa shape index (κ2) is 8.94. The van der Waals surface area contributed by atoms with Crippen LogP contribution in [0.25, 0.3) is 11.0 Å². The van der Waals surface area contributed by atoms with Crippen molar-refractivity contribution in [2.45, 2.75) is 44.0 Å². The number of halogens is 1. The Balaban J connectivity index is 1.46. The smallest absolute Gasteiger partial charge is 0.243 e. The number of nitrogens with zero attached hydrogens (tertiary/aromatic N) is 4. The maximum Gasteiger partial charge on any atom is 0.243 e. The van der Waals surface area contributed by atoms with Crippen LogP contribution >= 0.6 is 11.6 Å². The van der Waals surface area contributed by atoms with Crippen LogP contribution in [0, 0.1) is 6.92 Å². The van der Waals surface area contributed by atoms with Gasteiger partial charge in [-0.25, -0.2) is 13.1 Å². The molecule has 1 saturated heterocycles. The molecule has 1 fully saturated rings. The number of amides is 1. The molecule has 0 radical (unpaired) electrons. The minimum Gasteiger partial charge on any atom is -0.326 e. The summed E-state index contributed by atoms with van der Waals surface area (Å²) in [6.45, 7) is 3.31. The van der Waals surface area contributed by atoms with Gasteiger partial charge in [0.2, 0.25) is 15.9 Å². The zero-order valence-electron chi connectivity index (χ0n) is 17.2. The first-order valence-electron chi connectivity index (χ1n) is 10.2. The highest BCUT2D eigenvalue weighted by atomic mass is 35.5. The van der Waals surface area contributed by atoms with Crippen molar-refractivity contribution in [2.75, 3.05) is 18.4 Å². The Morgan fingerprint density at radius 2 is 1.90 bits per heavy atom. The molecule has 0 saturated carbocycles. The molecule has 2 heterocycles. The number of hydrogen-bond donors (Lipinski definition) is 1. The molecule has 31 heavy (non-hydrogen) atoms. The molecule has 0 atom stereocenters. The predicted octanol–water partition coefficient (Wildman–Crippen LogP) is 3.60. The highest BCUT2D eigenvalue weighted by molar-refractivity contribution is 7.89. The molecule has 1 N–H and O–H groups in total. The fourth-order valence-corrected chi connectivity index (χ4v) is 5.39. The SMILES string of the molecule is Cc1ccc(Cl)cc1NC(=O)CCn1nnc2cc(S(=O)(=O)N3CCCCC3)ccc21. The van der Waals surface area contributed by atoms with Crippen LogP contribution in [-0.4, -0.2) is 46.7 Å². The van der Waals surface area contributed by atoms with Gasteiger partial charge in [0, 0.05) is 30.2 Å². The number of carbonyl (C=O) groups excluding carboxylic acids is 1. The van der Waals surface area contributed by atoms with E-state index in [2.05, 4.69) is 15.6 Å². The fourth-order valence-electron chi connectivity index (χ4n) is 3.68. The Labute approximate surface area is 186 Å². The van der Waals surface area contributed by atoms with E-state index in [9.17, 15) is 13.2 Å². The molecule has 1 aliphatic rings. The lowest BCUT2D eigenvalue weighted by molar-refractivity contribution is -0.116. The third kappa shape index (κ3) is 4.73. The molecule has 8 nitrogen and oxygen atoms in total. The van der Waals surface area contributed by atoms with Gasteiger partial charge < -0.3 is 5.32 Å². The molecule has 1 amide bonds. The molecule has 3 aromatic rings. The second-order valence-electron chi connectivity index (χ2n) is 7.69. The Morgan fingerprint density at radius 1 is 1.13 bits per heavy atom. The Hall–Kier alpha value is -2.49. The molecule has 10 heteroatoms. The quantitative estimate of drug-likeness (QED) is 0.604. The summed E-state index contributed by atoms with van der Waals surface area (Å²) in [6.07, 6.45) is 3.02. The van der Waals surface area contributed by atoms with Gasteiger partial charge in [0.05, 0.1) is 17.0 Å². The normalized spacial score (nSPS) is 15.3. The van der Waals surface area contributed by atoms with Crippen molar-refractivity contribution in [3.8, 4) is 0 Å². The Bertz CT molecular complexity index is 1220. The molecule has 0 spiro atoms. The Morgan fingerprint density at radius 3 is 2.68 bits per heavy atom. The van der Waals surface area contributed by atoms with Crippen molar-refractivity contribution in [3.05, 3.63) is 47.0 Å². The minimum absolute atomic E-state index is 0.168. The van der Waals surface area contributed by atoms with E-state index in [4.69, 9.17) is 11.6 Å². The summed E-state index contributed by atoms with van der Waals surface area (Å²) in [6, 6.07) is 10.2. The molecule has 2 aromatic carbocycles. The number of aromatic nitrogens is 3. The van der Waals surface area contributed by atoms with Crippen molar-refractivity contribution in [3.63, 3.8) is 0 Å². The van der Waals surface area contributed by atoms with Crippen LogP contribution in [0.4, 0.5) is 5.69 Å². The van der Waals surface area contributed by atoms with E-state index in [1.165, 1.54) is 4.31 Å². The maximum absolute atomic E-state index is 12.9. The zero-order valence-corrected chi connectivity index (χ0v) is 18.8. The van der Waals surface area contributed by atoms with Crippen LogP contribution < -0.4 is 5.32 Å². The highest BCUT2D eigenvalue weighted by Gasteiger charge is 2.26. The molecule has 0 bridgehead atoms. The third-order valence-electron chi connectivity index (χ3n) is 5.46. The summed E-state index contributed by atoms with van der Waals surface area (Å²) in [5.74, 6) is -0.168. The van der Waals surface area contributed by atoms with Gasteiger partial charge in [-0.3, -0.25) is 4.79 Å². The van der Waals surface area contributed by atoms with Gasteiger partial charge in [-0.05, 0) is 55.7 Å². The molecule has 164 valence electrons. The average Bonchev–Trinajstić information content (AvgIpc) is 3.18. The van der Waals surface area contributed by atoms with E-state index in [0.717, 1.165) is 24.8 Å². The van der Waals surface area contributed by atoms with E-state index < -0.39 is 10.0 Å². The van der Waals surface area contributed by atoms with Gasteiger partial charge in [-0.1, -0.05) is 29.3 Å². The number of nitrogens with one attached hydrogen (secondary N) is 1. The Kier molecular flexibility index (Phi) is 6.27. The van der Waals surface area contributed by atoms with Crippen molar-refractivity contribution in [1.82, 2.24) is 19.3 Å². The largest absolute Gasteiger partial charge is 0.326 e. The van der Waals surface area contributed by atoms with Gasteiger partial charge in [-0.2, -0.15) is 4.31 Å². The van der Waals surface area contributed by atoms with E-state index in [1.807, 2.05) is 13.0 Å². The average molecular weight is 462 g/mol. The monoisotopic (exact) mass is 461 g/mol. The van der Waals surface area contributed by atoms with Crippen molar-refractivity contribution >= 4 is 44.3 Å². The molecular formula is C21H24ClN5O3S. The number of sulfonamides is 1. The number of fused-ring (bicyclic) bond motifs is 1. The topological polar surface area (TPSA) is 97.2 Å². The number of aryl methyl sites for hydroxylation is 2. The summed E-state index contributed by atoms with van der Waals surface area (Å²) in [5, 5.41) is 11.6. The van der Waals surface area contributed by atoms with Crippen LogP contribution in [0.1, 0.15) is 31.2 Å². The lowest BCUT2D eigenvalue weighted by atomic mass is 10.2. The van der Waals surface area contributed by atoms with Crippen LogP contribution in [0.15, 0.2) is 41.3 Å². The van der Waals surface area contributed by atoms with Gasteiger partial charge >= 0.3 is 0 Å². The summed E-state index contributed by atoms with van der Waals surface area (Å²) in [7, 11) is -3.53. The lowest BCUT2D eigenvalue weighted by Crippen LogP contribution is -2.35. The predicted molar refractivity (Wildman–Crippen MR) is 120 cm³/mol. The highest BCUT2D eigenvalue weighted by Crippen LogP contribution is 2.24. The molecule has 1 aromatic heterocycles. The first kappa shape index (κ1) is 21.7. The van der Waals surface area contributed by atoms with Crippen LogP contribution in [0.3, 0.4) is 0 Å². The van der Waals surface area contributed by atoms with Crippen LogP contribution in [0.2, 0.25) is 5.02 Å². The van der Waals surface area contributed by atoms with E-state index in [1.54, 1.807) is 35.0 Å². The summed E-state index contributed by atoms with van der Waals surface area (Å²) >= 11 is 6.00. The van der Waals surface area contributed by atoms with E-state index in [-0.39, 0.29) is 17.2 Å². The molecule has 4 rings (SSSR count). The first-order chi connectivity index (χ1) is 14.8. The number of hydrogen-bond acceptors (Lipinski definition) is 5. The number of piperidine rings is 1. The van der Waals surface area contributed by atoms with Gasteiger partial charge in [0.15, 0.2) is 0 Å². The third-order valence-corrected chi connectivity index (χ3v) is 7.59. The van der Waals surface area contributed by atoms with Crippen LogP contribution in [0.5, 0.6) is 0 Å². The molecule has 0 unspecified atom stereocenters.